The fourth-order valence-corrected chi connectivity index (χ4v) is 8.04. The van der Waals surface area contributed by atoms with Crippen LogP contribution < -0.4 is 27.4 Å². The van der Waals surface area contributed by atoms with Gasteiger partial charge in [-0.15, -0.1) is 12.4 Å². The molecule has 0 bridgehead atoms. The van der Waals surface area contributed by atoms with E-state index in [0.29, 0.717) is 22.6 Å². The molecule has 0 spiro atoms. The molecule has 448 valence electrons. The van der Waals surface area contributed by atoms with Gasteiger partial charge in [-0.05, 0) is 153 Å². The van der Waals surface area contributed by atoms with Crippen molar-refractivity contribution in [2.45, 2.75) is 236 Å². The summed E-state index contributed by atoms with van der Waals surface area (Å²) in [7, 11) is -2.44. The fraction of sp³-hybridized carbons (Fsp3) is 0.619. The second kappa shape index (κ2) is 45.8. The summed E-state index contributed by atoms with van der Waals surface area (Å²) >= 11 is 0. The van der Waals surface area contributed by atoms with Crippen LogP contribution >= 0.6 is 12.4 Å². The van der Waals surface area contributed by atoms with E-state index < -0.39 is 34.0 Å². The minimum atomic E-state index is -1.29. The number of carbonyl (C=O) groups excluding carboxylic acids is 3. The van der Waals surface area contributed by atoms with Crippen LogP contribution in [0.4, 0.5) is 0 Å². The molecule has 1 unspecified atom stereocenters. The number of carbonyl (C=O) groups is 3. The number of unbranched alkanes of at least 4 members (excludes halogenated alkanes) is 3. The SMILES string of the molecule is C.CC(C)CCCC[C@@H](N)c1ccc(C(=O)OC(C)C)cc1.CC(C)CCCC[C@@H](N[S@@](=O)C(C)(C)C)c1ccc(C(=O)OC(C)C)cc1.Cl.[Br-].[CH2+]C(C)OC(=O)c1ccc(C=N[S@@](=O)C(C)(C)C)cc1.[CH2-]CCCC(C)C.[Mg+2]. The van der Waals surface area contributed by atoms with E-state index in [-0.39, 0.29) is 106 Å². The summed E-state index contributed by atoms with van der Waals surface area (Å²) in [6.45, 7) is 41.4. The molecule has 0 aromatic heterocycles. The Balaban J connectivity index is -0.000000322. The predicted molar refractivity (Wildman–Crippen MR) is 337 cm³/mol. The molecular weight excluding hydrogens is 1130 g/mol. The second-order valence-corrected chi connectivity index (χ2v) is 26.9. The van der Waals surface area contributed by atoms with Crippen molar-refractivity contribution in [1.29, 1.82) is 0 Å². The van der Waals surface area contributed by atoms with Gasteiger partial charge >= 0.3 is 41.0 Å². The Morgan fingerprint density at radius 3 is 1.29 bits per heavy atom. The van der Waals surface area contributed by atoms with Gasteiger partial charge in [-0.25, -0.2) is 27.5 Å². The molecule has 0 heterocycles. The molecule has 0 saturated carbocycles. The summed E-state index contributed by atoms with van der Waals surface area (Å²) in [5.41, 5.74) is 10.7. The third-order valence-corrected chi connectivity index (χ3v) is 13.9. The monoisotopic (exact) mass is 1230 g/mol. The van der Waals surface area contributed by atoms with E-state index in [1.165, 1.54) is 32.1 Å². The number of rotatable bonds is 25. The Bertz CT molecular complexity index is 2130. The number of ether oxygens (including phenoxy) is 3. The molecule has 3 aromatic rings. The standard InChI is InChI=1S/C22H37NO3S.C18H29NO2.C15H20NO3S.C7H15.CH4.BrH.ClH.Mg/c1-16(2)10-8-9-11-20(23-27(25)22(5,6)7)18-12-14-19(15-13-18)21(24)26-17(3)4;1-13(2)7-5-6-8-17(19)15-9-11-16(12-10-15)18(20)21-14(3)4;1-11(2)19-14(17)13-8-6-12(7-9-13)10-16-20(18)15(3,4)5;1-4-5-6-7(2)3;;;;/h12-17,20,23H,8-11H2,1-7H3;9-14,17H,5-8,19H2,1-4H3;6-11H,1H2,2-5H3;7H,1,4-6H2,2-3H3;1H4;2*1H;/q;;+1;-1;;;;+2/p-1/t20-,27+;17-;11?,20-;;;;;/m110...../s1. The van der Waals surface area contributed by atoms with Gasteiger partial charge in [-0.2, -0.15) is 10.8 Å². The van der Waals surface area contributed by atoms with Crippen molar-refractivity contribution < 1.29 is 54.0 Å². The van der Waals surface area contributed by atoms with Crippen molar-refractivity contribution >= 4 is 81.6 Å². The molecule has 3 rings (SSSR count). The van der Waals surface area contributed by atoms with Crippen LogP contribution in [0.3, 0.4) is 0 Å². The van der Waals surface area contributed by atoms with Crippen LogP contribution in [0.1, 0.15) is 256 Å². The van der Waals surface area contributed by atoms with E-state index in [1.807, 2.05) is 93.5 Å². The number of hydrogen-bond donors (Lipinski definition) is 2. The van der Waals surface area contributed by atoms with Gasteiger partial charge < -0.3 is 43.8 Å². The van der Waals surface area contributed by atoms with E-state index in [0.717, 1.165) is 67.1 Å². The number of nitrogens with one attached hydrogen (secondary N) is 1. The molecule has 0 amide bonds. The maximum atomic E-state index is 12.6. The molecule has 79 heavy (non-hydrogen) atoms. The van der Waals surface area contributed by atoms with Crippen molar-refractivity contribution in [3.8, 4) is 0 Å². The first-order valence-electron chi connectivity index (χ1n) is 27.3. The van der Waals surface area contributed by atoms with E-state index in [9.17, 15) is 22.8 Å². The number of benzene rings is 3. The molecule has 0 radical (unpaired) electrons. The van der Waals surface area contributed by atoms with Crippen molar-refractivity contribution in [2.24, 2.45) is 27.9 Å². The first-order valence-corrected chi connectivity index (χ1v) is 29.6. The molecule has 5 atom stereocenters. The van der Waals surface area contributed by atoms with E-state index >= 15 is 0 Å². The van der Waals surface area contributed by atoms with Gasteiger partial charge in [0.1, 0.15) is 17.9 Å². The van der Waals surface area contributed by atoms with Gasteiger partial charge in [0.25, 0.3) is 0 Å². The summed E-state index contributed by atoms with van der Waals surface area (Å²) in [6.07, 6.45) is 13.6. The van der Waals surface area contributed by atoms with Gasteiger partial charge in [0, 0.05) is 25.2 Å². The Hall–Kier alpha value is -2.63. The fourth-order valence-electron chi connectivity index (χ4n) is 6.64. The van der Waals surface area contributed by atoms with E-state index in [4.69, 9.17) is 19.9 Å². The van der Waals surface area contributed by atoms with Crippen LogP contribution in [0.5, 0.6) is 0 Å². The molecule has 0 aliphatic heterocycles. The minimum absolute atomic E-state index is 0. The zero-order valence-electron chi connectivity index (χ0n) is 50.9. The minimum Gasteiger partial charge on any atom is -1.00 e. The molecule has 3 N–H and O–H groups in total. The van der Waals surface area contributed by atoms with Crippen LogP contribution in [0.15, 0.2) is 77.2 Å². The first-order chi connectivity index (χ1) is 34.9. The van der Waals surface area contributed by atoms with Crippen LogP contribution in [0.25, 0.3) is 0 Å². The largest absolute Gasteiger partial charge is 2.00 e. The normalized spacial score (nSPS) is 13.0. The first kappa shape index (κ1) is 85.2. The average Bonchev–Trinajstić information content (AvgIpc) is 3.31. The number of hydrogen-bond acceptors (Lipinski definition) is 9. The summed E-state index contributed by atoms with van der Waals surface area (Å²) < 4.78 is 46.4. The summed E-state index contributed by atoms with van der Waals surface area (Å²) in [4.78, 5) is 35.4. The molecule has 3 aromatic carbocycles. The zero-order chi connectivity index (χ0) is 57.5. The average molecular weight is 1240 g/mol. The topological polar surface area (TPSA) is 163 Å². The van der Waals surface area contributed by atoms with Gasteiger partial charge in [0.2, 0.25) is 6.10 Å². The van der Waals surface area contributed by atoms with Crippen LogP contribution in [-0.2, 0) is 36.2 Å². The summed E-state index contributed by atoms with van der Waals surface area (Å²) in [6, 6.07) is 21.7. The molecule has 0 aliphatic rings. The van der Waals surface area contributed by atoms with Crippen molar-refractivity contribution in [3.05, 3.63) is 120 Å². The predicted octanol–water partition coefficient (Wildman–Crippen LogP) is 13.3. The van der Waals surface area contributed by atoms with Gasteiger partial charge in [0.05, 0.1) is 49.4 Å². The number of halogens is 2. The third-order valence-electron chi connectivity index (χ3n) is 11.0. The summed E-state index contributed by atoms with van der Waals surface area (Å²) in [5, 5.41) is 0. The second-order valence-electron chi connectivity index (χ2n) is 23.0. The molecule has 16 heteroatoms. The Kier molecular flexibility index (Phi) is 49.4. The number of nitrogens with zero attached hydrogens (tertiary/aromatic N) is 1. The molecule has 0 aliphatic carbocycles. The maximum Gasteiger partial charge on any atom is 2.00 e. The number of esters is 3. The molecular formula is C63H106BrClMgN3O8S2+. The Morgan fingerprint density at radius 2 is 0.949 bits per heavy atom. The summed E-state index contributed by atoms with van der Waals surface area (Å²) in [5.74, 6) is 1.33. The Labute approximate surface area is 520 Å². The molecule has 11 nitrogen and oxygen atoms in total. The quantitative estimate of drug-likeness (QED) is 0.0210. The van der Waals surface area contributed by atoms with Gasteiger partial charge in [0.15, 0.2) is 0 Å². The van der Waals surface area contributed by atoms with Crippen LogP contribution in [0, 0.1) is 31.6 Å². The zero-order valence-corrected chi connectivity index (χ0v) is 56.4. The number of nitrogens with two attached hydrogens (primary N) is 1. The van der Waals surface area contributed by atoms with Gasteiger partial charge in [-0.1, -0.05) is 137 Å². The van der Waals surface area contributed by atoms with Crippen LogP contribution in [-0.4, -0.2) is 83.4 Å². The van der Waals surface area contributed by atoms with Crippen LogP contribution in [0.2, 0.25) is 0 Å². The maximum absolute atomic E-state index is 12.6. The van der Waals surface area contributed by atoms with Crippen molar-refractivity contribution in [1.82, 2.24) is 4.72 Å². The van der Waals surface area contributed by atoms with Gasteiger partial charge in [-0.3, -0.25) is 0 Å². The molecule has 0 fully saturated rings. The Morgan fingerprint density at radius 1 is 0.595 bits per heavy atom. The van der Waals surface area contributed by atoms with Crippen molar-refractivity contribution in [3.63, 3.8) is 0 Å². The van der Waals surface area contributed by atoms with E-state index in [1.54, 1.807) is 61.7 Å². The molecule has 0 saturated heterocycles. The smallest absolute Gasteiger partial charge is 1.00 e. The van der Waals surface area contributed by atoms with Crippen molar-refractivity contribution in [2.75, 3.05) is 0 Å². The third kappa shape index (κ3) is 41.9. The van der Waals surface area contributed by atoms with E-state index in [2.05, 4.69) is 64.5 Å².